The van der Waals surface area contributed by atoms with Gasteiger partial charge in [-0.05, 0) is 31.0 Å². The summed E-state index contributed by atoms with van der Waals surface area (Å²) >= 11 is 1.14. The largest absolute Gasteiger partial charge is 0.416 e. The lowest BCUT2D eigenvalue weighted by Gasteiger charge is -2.26. The number of thioether (sulfide) groups is 1. The van der Waals surface area contributed by atoms with Gasteiger partial charge >= 0.3 is 6.18 Å². The molecule has 1 unspecified atom stereocenters. The molecule has 0 aliphatic carbocycles. The van der Waals surface area contributed by atoms with Crippen LogP contribution in [0.1, 0.15) is 38.2 Å². The molecule has 1 aromatic carbocycles. The van der Waals surface area contributed by atoms with Crippen molar-refractivity contribution in [1.82, 2.24) is 10.2 Å². The van der Waals surface area contributed by atoms with Crippen LogP contribution in [0.2, 0.25) is 0 Å². The summed E-state index contributed by atoms with van der Waals surface area (Å²) in [4.78, 5) is 26.4. The second-order valence-electron chi connectivity index (χ2n) is 6.33. The van der Waals surface area contributed by atoms with Gasteiger partial charge in [0.05, 0.1) is 5.56 Å². The Balaban J connectivity index is 2.05. The predicted octanol–water partition coefficient (Wildman–Crippen LogP) is 3.70. The summed E-state index contributed by atoms with van der Waals surface area (Å²) in [6, 6.07) is 4.24. The van der Waals surface area contributed by atoms with Gasteiger partial charge in [0.25, 0.3) is 0 Å². The van der Waals surface area contributed by atoms with Crippen LogP contribution in [0.5, 0.6) is 0 Å². The van der Waals surface area contributed by atoms with Crippen LogP contribution < -0.4 is 5.32 Å². The van der Waals surface area contributed by atoms with Crippen LogP contribution in [0.25, 0.3) is 0 Å². The Labute approximate surface area is 155 Å². The second-order valence-corrected chi connectivity index (χ2v) is 7.42. The number of rotatable bonds is 5. The van der Waals surface area contributed by atoms with Crippen molar-refractivity contribution < 1.29 is 22.8 Å². The van der Waals surface area contributed by atoms with E-state index in [0.717, 1.165) is 49.6 Å². The molecule has 1 fully saturated rings. The van der Waals surface area contributed by atoms with Gasteiger partial charge in [0.15, 0.2) is 0 Å². The number of benzene rings is 1. The molecule has 1 heterocycles. The van der Waals surface area contributed by atoms with Gasteiger partial charge in [-0.3, -0.25) is 9.59 Å². The van der Waals surface area contributed by atoms with Gasteiger partial charge in [-0.15, -0.1) is 11.8 Å². The van der Waals surface area contributed by atoms with Gasteiger partial charge in [-0.25, -0.2) is 0 Å². The Hall–Kier alpha value is -1.70. The molecule has 144 valence electrons. The number of hydrogen-bond acceptors (Lipinski definition) is 3. The van der Waals surface area contributed by atoms with Crippen molar-refractivity contribution in [3.05, 3.63) is 29.8 Å². The van der Waals surface area contributed by atoms with E-state index >= 15 is 0 Å². The number of hydrogen-bond donors (Lipinski definition) is 1. The van der Waals surface area contributed by atoms with E-state index in [4.69, 9.17) is 0 Å². The molecule has 0 radical (unpaired) electrons. The lowest BCUT2D eigenvalue weighted by Crippen LogP contribution is -2.49. The van der Waals surface area contributed by atoms with Crippen molar-refractivity contribution in [2.24, 2.45) is 0 Å². The summed E-state index contributed by atoms with van der Waals surface area (Å²) in [5.74, 6) is -0.305. The second kappa shape index (κ2) is 9.30. The number of likely N-dealkylation sites (tertiary alicyclic amines) is 1. The van der Waals surface area contributed by atoms with Crippen molar-refractivity contribution >= 4 is 23.6 Å². The molecular formula is C18H23F3N2O2S. The summed E-state index contributed by atoms with van der Waals surface area (Å²) in [7, 11) is 0. The Kier molecular flexibility index (Phi) is 7.37. The van der Waals surface area contributed by atoms with Gasteiger partial charge in [-0.1, -0.05) is 18.9 Å². The molecule has 8 heteroatoms. The highest BCUT2D eigenvalue weighted by molar-refractivity contribution is 7.99. The minimum absolute atomic E-state index is 0.165. The van der Waals surface area contributed by atoms with Crippen LogP contribution in [0, 0.1) is 0 Å². The maximum Gasteiger partial charge on any atom is 0.416 e. The number of carbonyl (C=O) groups is 2. The number of carbonyl (C=O) groups excluding carboxylic acids is 2. The lowest BCUT2D eigenvalue weighted by molar-refractivity contribution is -0.137. The molecule has 0 bridgehead atoms. The Morgan fingerprint density at radius 1 is 1.19 bits per heavy atom. The van der Waals surface area contributed by atoms with E-state index in [9.17, 15) is 22.8 Å². The Morgan fingerprint density at radius 2 is 1.85 bits per heavy atom. The number of alkyl halides is 3. The molecule has 1 aliphatic heterocycles. The fourth-order valence-electron chi connectivity index (χ4n) is 2.87. The molecule has 1 aromatic rings. The molecule has 2 rings (SSSR count). The number of amides is 2. The Morgan fingerprint density at radius 3 is 2.42 bits per heavy atom. The topological polar surface area (TPSA) is 49.4 Å². The number of nitrogens with one attached hydrogen (secondary N) is 1. The summed E-state index contributed by atoms with van der Waals surface area (Å²) in [5, 5.41) is 2.64. The van der Waals surface area contributed by atoms with Crippen LogP contribution in [0.4, 0.5) is 13.2 Å². The first-order valence-corrected chi connectivity index (χ1v) is 9.62. The highest BCUT2D eigenvalue weighted by Gasteiger charge is 2.31. The van der Waals surface area contributed by atoms with Gasteiger partial charge < -0.3 is 10.2 Å². The van der Waals surface area contributed by atoms with Crippen LogP contribution in [-0.4, -0.2) is 41.6 Å². The lowest BCUT2D eigenvalue weighted by atomic mass is 10.2. The average molecular weight is 388 g/mol. The minimum atomic E-state index is -4.41. The number of nitrogens with zero attached hydrogens (tertiary/aromatic N) is 1. The van der Waals surface area contributed by atoms with Gasteiger partial charge in [0.2, 0.25) is 11.8 Å². The third-order valence-electron chi connectivity index (χ3n) is 4.17. The molecule has 1 N–H and O–H groups in total. The van der Waals surface area contributed by atoms with Gasteiger partial charge in [0.1, 0.15) is 6.04 Å². The molecule has 26 heavy (non-hydrogen) atoms. The zero-order valence-electron chi connectivity index (χ0n) is 14.6. The van der Waals surface area contributed by atoms with E-state index in [1.54, 1.807) is 11.0 Å². The van der Waals surface area contributed by atoms with E-state index in [-0.39, 0.29) is 17.6 Å². The summed E-state index contributed by atoms with van der Waals surface area (Å²) < 4.78 is 38.5. The fourth-order valence-corrected chi connectivity index (χ4v) is 3.84. The van der Waals surface area contributed by atoms with Crippen molar-refractivity contribution in [1.29, 1.82) is 0 Å². The minimum Gasteiger partial charge on any atom is -0.344 e. The number of halogens is 3. The molecule has 1 aliphatic rings. The smallest absolute Gasteiger partial charge is 0.344 e. The zero-order chi connectivity index (χ0) is 19.2. The van der Waals surface area contributed by atoms with E-state index in [1.165, 1.54) is 13.0 Å². The highest BCUT2D eigenvalue weighted by Crippen LogP contribution is 2.32. The Bertz CT molecular complexity index is 629. The summed E-state index contributed by atoms with van der Waals surface area (Å²) in [5.41, 5.74) is -0.725. The summed E-state index contributed by atoms with van der Waals surface area (Å²) in [6.45, 7) is 2.64. The van der Waals surface area contributed by atoms with Crippen molar-refractivity contribution in [3.8, 4) is 0 Å². The van der Waals surface area contributed by atoms with E-state index in [1.807, 2.05) is 0 Å². The monoisotopic (exact) mass is 388 g/mol. The molecule has 4 nitrogen and oxygen atoms in total. The fraction of sp³-hybridized carbons (Fsp3) is 0.556. The third-order valence-corrected chi connectivity index (χ3v) is 5.26. The molecule has 1 saturated heterocycles. The molecule has 0 saturated carbocycles. The maximum atomic E-state index is 12.8. The normalized spacial score (nSPS) is 16.7. The van der Waals surface area contributed by atoms with Gasteiger partial charge in [-0.2, -0.15) is 13.2 Å². The maximum absolute atomic E-state index is 12.8. The molecule has 0 spiro atoms. The molecular weight excluding hydrogens is 365 g/mol. The zero-order valence-corrected chi connectivity index (χ0v) is 15.5. The van der Waals surface area contributed by atoms with Crippen LogP contribution >= 0.6 is 11.8 Å². The van der Waals surface area contributed by atoms with E-state index < -0.39 is 17.8 Å². The SMILES string of the molecule is CC(=O)NC(CSc1cccc(C(F)(F)F)c1)C(=O)N1CCCCCC1. The first-order valence-electron chi connectivity index (χ1n) is 8.63. The molecule has 0 aromatic heterocycles. The van der Waals surface area contributed by atoms with Crippen molar-refractivity contribution in [2.45, 2.75) is 49.7 Å². The van der Waals surface area contributed by atoms with Crippen LogP contribution in [-0.2, 0) is 15.8 Å². The average Bonchev–Trinajstić information content (AvgIpc) is 2.86. The van der Waals surface area contributed by atoms with Crippen LogP contribution in [0.15, 0.2) is 29.2 Å². The third kappa shape index (κ3) is 6.23. The van der Waals surface area contributed by atoms with Crippen molar-refractivity contribution in [3.63, 3.8) is 0 Å². The van der Waals surface area contributed by atoms with Crippen molar-refractivity contribution in [2.75, 3.05) is 18.8 Å². The molecule has 2 amide bonds. The predicted molar refractivity (Wildman–Crippen MR) is 94.8 cm³/mol. The standard InChI is InChI=1S/C18H23F3N2O2S/c1-13(24)22-16(17(25)23-9-4-2-3-5-10-23)12-26-15-8-6-7-14(11-15)18(19,20)21/h6-8,11,16H,2-5,9-10,12H2,1H3,(H,22,24). The first-order chi connectivity index (χ1) is 12.3. The van der Waals surface area contributed by atoms with E-state index in [0.29, 0.717) is 18.0 Å². The van der Waals surface area contributed by atoms with Crippen LogP contribution in [0.3, 0.4) is 0 Å². The summed E-state index contributed by atoms with van der Waals surface area (Å²) in [6.07, 6.45) is -0.394. The molecule has 1 atom stereocenters. The van der Waals surface area contributed by atoms with Gasteiger partial charge in [0, 0.05) is 30.7 Å². The van der Waals surface area contributed by atoms with E-state index in [2.05, 4.69) is 5.32 Å². The first kappa shape index (κ1) is 20.6. The quantitative estimate of drug-likeness (QED) is 0.783. The highest BCUT2D eigenvalue weighted by atomic mass is 32.2.